The monoisotopic (exact) mass is 631 g/mol. The zero-order valence-electron chi connectivity index (χ0n) is 22.0. The van der Waals surface area contributed by atoms with Gasteiger partial charge in [-0.3, -0.25) is 9.59 Å². The van der Waals surface area contributed by atoms with Crippen LogP contribution in [0.3, 0.4) is 0 Å². The molecule has 0 bridgehead atoms. The van der Waals surface area contributed by atoms with Crippen molar-refractivity contribution >= 4 is 37.6 Å². The lowest BCUT2D eigenvalue weighted by Crippen LogP contribution is -2.50. The van der Waals surface area contributed by atoms with Crippen molar-refractivity contribution in [1.82, 2.24) is 15.1 Å². The molecule has 1 fully saturated rings. The minimum absolute atomic E-state index is 0.0599. The van der Waals surface area contributed by atoms with E-state index in [-0.39, 0.29) is 16.5 Å². The number of hydrogen-bond donors (Lipinski definition) is 1. The van der Waals surface area contributed by atoms with Crippen LogP contribution in [0.15, 0.2) is 57.9 Å². The second kappa shape index (κ2) is 12.8. The molecule has 1 N–H and O–H groups in total. The molecule has 0 aromatic heterocycles. The summed E-state index contributed by atoms with van der Waals surface area (Å²) in [5.74, 6) is -2.04. The van der Waals surface area contributed by atoms with Crippen molar-refractivity contribution in [2.75, 3.05) is 19.5 Å². The van der Waals surface area contributed by atoms with Gasteiger partial charge in [0.25, 0.3) is 5.91 Å². The first-order valence-electron chi connectivity index (χ1n) is 12.6. The Morgan fingerprint density at radius 1 is 1.03 bits per heavy atom. The predicted octanol–water partition coefficient (Wildman–Crippen LogP) is 5.11. The van der Waals surface area contributed by atoms with E-state index >= 15 is 0 Å². The van der Waals surface area contributed by atoms with Crippen LogP contribution in [0.4, 0.5) is 13.2 Å². The van der Waals surface area contributed by atoms with Crippen LogP contribution >= 0.6 is 15.9 Å². The summed E-state index contributed by atoms with van der Waals surface area (Å²) in [6, 6.07) is 10.3. The molecule has 2 amide bonds. The Labute approximate surface area is 235 Å². The molecule has 0 atom stereocenters. The molecule has 39 heavy (non-hydrogen) atoms. The van der Waals surface area contributed by atoms with Crippen LogP contribution < -0.4 is 5.32 Å². The number of nitrogens with zero attached hydrogens (tertiary/aromatic N) is 2. The van der Waals surface area contributed by atoms with Crippen molar-refractivity contribution in [2.45, 2.75) is 68.7 Å². The topological polar surface area (TPSA) is 86.8 Å². The summed E-state index contributed by atoms with van der Waals surface area (Å²) in [6.07, 6.45) is -1.89. The fourth-order valence-corrected chi connectivity index (χ4v) is 6.36. The lowest BCUT2D eigenvalue weighted by atomic mass is 9.89. The number of amides is 2. The SMILES string of the molecule is CC(C)N(C)C1CCC(N(CS(=O)(=O)c2ccc(Br)cc2)C(=O)CNC(=O)c2cccc(C(F)(F)F)c2)CC1. The zero-order chi connectivity index (χ0) is 29.0. The average Bonchev–Trinajstić information content (AvgIpc) is 2.89. The predicted molar refractivity (Wildman–Crippen MR) is 146 cm³/mol. The van der Waals surface area contributed by atoms with Gasteiger partial charge in [0.15, 0.2) is 9.84 Å². The highest BCUT2D eigenvalue weighted by molar-refractivity contribution is 9.10. The molecule has 1 aliphatic carbocycles. The van der Waals surface area contributed by atoms with Crippen LogP contribution in [0, 0.1) is 0 Å². The molecule has 0 aliphatic heterocycles. The number of alkyl halides is 3. The first kappa shape index (κ1) is 31.1. The Morgan fingerprint density at radius 3 is 2.18 bits per heavy atom. The van der Waals surface area contributed by atoms with Crippen molar-refractivity contribution in [3.05, 3.63) is 64.1 Å². The van der Waals surface area contributed by atoms with Gasteiger partial charge in [0.05, 0.1) is 17.0 Å². The summed E-state index contributed by atoms with van der Waals surface area (Å²) < 4.78 is 66.3. The summed E-state index contributed by atoms with van der Waals surface area (Å²) in [7, 11) is -1.85. The molecule has 3 rings (SSSR count). The Kier molecular flexibility index (Phi) is 10.2. The number of rotatable bonds is 9. The third kappa shape index (κ3) is 8.28. The standard InChI is InChI=1S/C27H33BrF3N3O4S/c1-18(2)33(3)22-9-11-23(12-10-22)34(17-39(37,38)24-13-7-21(28)8-14-24)25(35)16-32-26(36)19-5-4-6-20(15-19)27(29,30)31/h4-8,13-15,18,22-23H,9-12,16-17H2,1-3H3,(H,32,36). The van der Waals surface area contributed by atoms with Crippen LogP contribution in [0.5, 0.6) is 0 Å². The second-order valence-electron chi connectivity index (χ2n) is 10.0. The first-order valence-corrected chi connectivity index (χ1v) is 15.1. The third-order valence-electron chi connectivity index (χ3n) is 7.15. The van der Waals surface area contributed by atoms with Gasteiger partial charge >= 0.3 is 6.18 Å². The largest absolute Gasteiger partial charge is 0.416 e. The molecule has 7 nitrogen and oxygen atoms in total. The molecular weight excluding hydrogens is 599 g/mol. The lowest BCUT2D eigenvalue weighted by molar-refractivity contribution is -0.137. The summed E-state index contributed by atoms with van der Waals surface area (Å²) in [5.41, 5.74) is -1.23. The maximum atomic E-state index is 13.3. The quantitative estimate of drug-likeness (QED) is 0.416. The van der Waals surface area contributed by atoms with E-state index < -0.39 is 45.8 Å². The molecule has 2 aromatic rings. The van der Waals surface area contributed by atoms with Crippen molar-refractivity contribution in [1.29, 1.82) is 0 Å². The number of benzene rings is 2. The van der Waals surface area contributed by atoms with Crippen LogP contribution in [0.1, 0.15) is 55.5 Å². The molecule has 0 radical (unpaired) electrons. The van der Waals surface area contributed by atoms with E-state index in [4.69, 9.17) is 0 Å². The molecule has 12 heteroatoms. The van der Waals surface area contributed by atoms with Crippen molar-refractivity contribution in [3.63, 3.8) is 0 Å². The molecule has 0 unspecified atom stereocenters. The van der Waals surface area contributed by atoms with E-state index in [1.807, 2.05) is 7.05 Å². The van der Waals surface area contributed by atoms with Gasteiger partial charge in [-0.15, -0.1) is 0 Å². The molecule has 0 spiro atoms. The van der Waals surface area contributed by atoms with Gasteiger partial charge in [-0.25, -0.2) is 8.42 Å². The van der Waals surface area contributed by atoms with E-state index in [0.29, 0.717) is 35.5 Å². The molecular formula is C27H33BrF3N3O4S. The van der Waals surface area contributed by atoms with Gasteiger partial charge in [0, 0.05) is 28.2 Å². The Bertz CT molecular complexity index is 1260. The van der Waals surface area contributed by atoms with Crippen LogP contribution in [0.2, 0.25) is 0 Å². The Hall–Kier alpha value is -2.44. The highest BCUT2D eigenvalue weighted by atomic mass is 79.9. The lowest BCUT2D eigenvalue weighted by Gasteiger charge is -2.40. The van der Waals surface area contributed by atoms with E-state index in [1.54, 1.807) is 12.1 Å². The van der Waals surface area contributed by atoms with Gasteiger partial charge in [-0.05, 0) is 89.0 Å². The number of sulfone groups is 1. The number of carbonyl (C=O) groups is 2. The minimum Gasteiger partial charge on any atom is -0.343 e. The average molecular weight is 633 g/mol. The first-order chi connectivity index (χ1) is 18.2. The van der Waals surface area contributed by atoms with E-state index in [2.05, 4.69) is 40.0 Å². The van der Waals surface area contributed by atoms with Crippen molar-refractivity contribution in [2.24, 2.45) is 0 Å². The summed E-state index contributed by atoms with van der Waals surface area (Å²) in [6.45, 7) is 3.65. The highest BCUT2D eigenvalue weighted by Crippen LogP contribution is 2.30. The number of carbonyl (C=O) groups excluding carboxylic acids is 2. The summed E-state index contributed by atoms with van der Waals surface area (Å²) in [4.78, 5) is 29.5. The Morgan fingerprint density at radius 2 is 1.62 bits per heavy atom. The zero-order valence-corrected chi connectivity index (χ0v) is 24.4. The van der Waals surface area contributed by atoms with Crippen molar-refractivity contribution in [3.8, 4) is 0 Å². The normalized spacial score (nSPS) is 18.3. The minimum atomic E-state index is -4.62. The molecule has 1 aliphatic rings. The van der Waals surface area contributed by atoms with Gasteiger partial charge in [0.1, 0.15) is 5.88 Å². The van der Waals surface area contributed by atoms with E-state index in [0.717, 1.165) is 25.0 Å². The van der Waals surface area contributed by atoms with E-state index in [1.165, 1.54) is 23.1 Å². The number of hydrogen-bond acceptors (Lipinski definition) is 5. The fraction of sp³-hybridized carbons (Fsp3) is 0.481. The Balaban J connectivity index is 1.77. The molecule has 2 aromatic carbocycles. The van der Waals surface area contributed by atoms with Crippen LogP contribution in [-0.2, 0) is 20.8 Å². The molecule has 1 saturated carbocycles. The van der Waals surface area contributed by atoms with Crippen LogP contribution in [-0.4, -0.2) is 67.6 Å². The second-order valence-corrected chi connectivity index (χ2v) is 12.9. The number of halogens is 4. The van der Waals surface area contributed by atoms with Gasteiger partial charge in [0.2, 0.25) is 5.91 Å². The van der Waals surface area contributed by atoms with Gasteiger partial charge in [-0.1, -0.05) is 22.0 Å². The number of nitrogens with one attached hydrogen (secondary N) is 1. The highest BCUT2D eigenvalue weighted by Gasteiger charge is 2.34. The van der Waals surface area contributed by atoms with Crippen molar-refractivity contribution < 1.29 is 31.2 Å². The summed E-state index contributed by atoms with van der Waals surface area (Å²) in [5, 5.41) is 2.37. The molecule has 0 saturated heterocycles. The van der Waals surface area contributed by atoms with E-state index in [9.17, 15) is 31.2 Å². The fourth-order valence-electron chi connectivity index (χ4n) is 4.68. The summed E-state index contributed by atoms with van der Waals surface area (Å²) >= 11 is 3.28. The maximum Gasteiger partial charge on any atom is 0.416 e. The maximum absolute atomic E-state index is 13.3. The molecule has 0 heterocycles. The van der Waals surface area contributed by atoms with Crippen LogP contribution in [0.25, 0.3) is 0 Å². The third-order valence-corrected chi connectivity index (χ3v) is 9.29. The van der Waals surface area contributed by atoms with Gasteiger partial charge < -0.3 is 15.1 Å². The smallest absolute Gasteiger partial charge is 0.343 e. The molecule has 214 valence electrons. The van der Waals surface area contributed by atoms with Gasteiger partial charge in [-0.2, -0.15) is 13.2 Å².